The molecule has 0 fully saturated rings. The average molecular weight is 532 g/mol. The number of anilines is 3. The van der Waals surface area contributed by atoms with Crippen molar-refractivity contribution < 1.29 is 26.4 Å². The molecule has 3 aromatic carbocycles. The highest BCUT2D eigenvalue weighted by Gasteiger charge is 2.22. The first kappa shape index (κ1) is 27.0. The van der Waals surface area contributed by atoms with Crippen LogP contribution in [0.4, 0.5) is 17.1 Å². The lowest BCUT2D eigenvalue weighted by Crippen LogP contribution is -2.37. The summed E-state index contributed by atoms with van der Waals surface area (Å²) in [4.78, 5) is 12.7. The van der Waals surface area contributed by atoms with Crippen LogP contribution in [0.25, 0.3) is 0 Å². The Bertz CT molecular complexity index is 1460. The van der Waals surface area contributed by atoms with Gasteiger partial charge in [-0.25, -0.2) is 16.8 Å². The summed E-state index contributed by atoms with van der Waals surface area (Å²) in [6.07, 6.45) is 1.04. The lowest BCUT2D eigenvalue weighted by atomic mass is 10.1. The Balaban J connectivity index is 1.75. The highest BCUT2D eigenvalue weighted by Crippen LogP contribution is 2.28. The minimum Gasteiger partial charge on any atom is -0.495 e. The zero-order valence-electron chi connectivity index (χ0n) is 20.7. The van der Waals surface area contributed by atoms with Gasteiger partial charge in [0.25, 0.3) is 10.0 Å². The molecule has 9 nitrogen and oxygen atoms in total. The molecule has 0 unspecified atom stereocenters. The van der Waals surface area contributed by atoms with E-state index in [1.807, 2.05) is 26.8 Å². The number of rotatable bonds is 9. The third-order valence-electron chi connectivity index (χ3n) is 5.23. The summed E-state index contributed by atoms with van der Waals surface area (Å²) in [6.45, 7) is 5.09. The number of aryl methyl sites for hydroxylation is 3. The molecule has 3 aromatic rings. The van der Waals surface area contributed by atoms with Gasteiger partial charge in [0.2, 0.25) is 15.9 Å². The molecule has 0 saturated carbocycles. The van der Waals surface area contributed by atoms with E-state index in [4.69, 9.17) is 4.74 Å². The fourth-order valence-corrected chi connectivity index (χ4v) is 5.55. The van der Waals surface area contributed by atoms with Gasteiger partial charge in [-0.3, -0.25) is 13.8 Å². The SMILES string of the molecule is COc1ccc(C)cc1NS(=O)(=O)c1ccc(NC(=O)CN(c2cc(C)cc(C)c2)S(C)(=O)=O)cc1. The Hall–Kier alpha value is -3.57. The van der Waals surface area contributed by atoms with Gasteiger partial charge in [0.15, 0.2) is 0 Å². The second-order valence-corrected chi connectivity index (χ2v) is 12.1. The lowest BCUT2D eigenvalue weighted by molar-refractivity contribution is -0.114. The third kappa shape index (κ3) is 6.76. The van der Waals surface area contributed by atoms with E-state index in [0.717, 1.165) is 27.3 Å². The van der Waals surface area contributed by atoms with Gasteiger partial charge in [-0.15, -0.1) is 0 Å². The standard InChI is InChI=1S/C25H29N3O6S2/c1-17-6-11-24(34-4)23(15-17)27-36(32,33)22-9-7-20(8-10-22)26-25(29)16-28(35(5,30)31)21-13-18(2)12-19(3)14-21/h6-15,27H,16H2,1-5H3,(H,26,29). The Morgan fingerprint density at radius 3 is 2.03 bits per heavy atom. The molecule has 11 heteroatoms. The molecule has 0 aliphatic heterocycles. The molecule has 2 N–H and O–H groups in total. The maximum absolute atomic E-state index is 12.9. The van der Waals surface area contributed by atoms with E-state index >= 15 is 0 Å². The summed E-state index contributed by atoms with van der Waals surface area (Å²) < 4.78 is 59.2. The van der Waals surface area contributed by atoms with E-state index in [0.29, 0.717) is 22.8 Å². The molecule has 0 aromatic heterocycles. The van der Waals surface area contributed by atoms with Crippen LogP contribution < -0.4 is 19.1 Å². The van der Waals surface area contributed by atoms with Crippen molar-refractivity contribution >= 4 is 43.0 Å². The van der Waals surface area contributed by atoms with Crippen LogP contribution in [0.2, 0.25) is 0 Å². The van der Waals surface area contributed by atoms with E-state index in [-0.39, 0.29) is 4.90 Å². The predicted octanol–water partition coefficient (Wildman–Crippen LogP) is 3.83. The van der Waals surface area contributed by atoms with Crippen molar-refractivity contribution in [2.45, 2.75) is 25.7 Å². The first-order valence-corrected chi connectivity index (χ1v) is 14.2. The van der Waals surface area contributed by atoms with Crippen molar-refractivity contribution in [3.8, 4) is 5.75 Å². The molecule has 0 radical (unpaired) electrons. The number of carbonyl (C=O) groups is 1. The van der Waals surface area contributed by atoms with Crippen molar-refractivity contribution in [1.82, 2.24) is 0 Å². The summed E-state index contributed by atoms with van der Waals surface area (Å²) in [6, 6.07) is 16.0. The number of amides is 1. The molecule has 0 bridgehead atoms. The van der Waals surface area contributed by atoms with Crippen molar-refractivity contribution in [3.05, 3.63) is 77.4 Å². The van der Waals surface area contributed by atoms with Crippen molar-refractivity contribution in [3.63, 3.8) is 0 Å². The van der Waals surface area contributed by atoms with Gasteiger partial charge < -0.3 is 10.1 Å². The van der Waals surface area contributed by atoms with Crippen molar-refractivity contribution in [2.24, 2.45) is 0 Å². The number of benzene rings is 3. The fraction of sp³-hybridized carbons (Fsp3) is 0.240. The Morgan fingerprint density at radius 2 is 1.47 bits per heavy atom. The molecule has 1 amide bonds. The van der Waals surface area contributed by atoms with Crippen LogP contribution in [0.3, 0.4) is 0 Å². The van der Waals surface area contributed by atoms with Gasteiger partial charge in [0, 0.05) is 5.69 Å². The predicted molar refractivity (Wildman–Crippen MR) is 142 cm³/mol. The van der Waals surface area contributed by atoms with Crippen LogP contribution in [0.15, 0.2) is 65.6 Å². The molecule has 0 saturated heterocycles. The van der Waals surface area contributed by atoms with E-state index < -0.39 is 32.5 Å². The smallest absolute Gasteiger partial charge is 0.262 e. The number of sulfonamides is 2. The van der Waals surface area contributed by atoms with Crippen LogP contribution in [0, 0.1) is 20.8 Å². The number of methoxy groups -OCH3 is 1. The largest absolute Gasteiger partial charge is 0.495 e. The molecular weight excluding hydrogens is 502 g/mol. The van der Waals surface area contributed by atoms with Gasteiger partial charge in [0.1, 0.15) is 12.3 Å². The van der Waals surface area contributed by atoms with Gasteiger partial charge in [0.05, 0.1) is 29.6 Å². The number of carbonyl (C=O) groups excluding carboxylic acids is 1. The highest BCUT2D eigenvalue weighted by atomic mass is 32.2. The minimum absolute atomic E-state index is 0.0166. The van der Waals surface area contributed by atoms with Gasteiger partial charge >= 0.3 is 0 Å². The normalized spacial score (nSPS) is 11.6. The zero-order chi connectivity index (χ0) is 26.7. The summed E-state index contributed by atoms with van der Waals surface area (Å²) in [5.41, 5.74) is 3.61. The number of hydrogen-bond donors (Lipinski definition) is 2. The summed E-state index contributed by atoms with van der Waals surface area (Å²) >= 11 is 0. The first-order valence-electron chi connectivity index (χ1n) is 10.9. The lowest BCUT2D eigenvalue weighted by Gasteiger charge is -2.23. The topological polar surface area (TPSA) is 122 Å². The molecule has 192 valence electrons. The van der Waals surface area contributed by atoms with Crippen LogP contribution in [-0.4, -0.2) is 42.7 Å². The Morgan fingerprint density at radius 1 is 0.861 bits per heavy atom. The number of nitrogens with one attached hydrogen (secondary N) is 2. The molecule has 0 spiro atoms. The summed E-state index contributed by atoms with van der Waals surface area (Å²) in [5, 5.41) is 2.62. The van der Waals surface area contributed by atoms with Gasteiger partial charge in [-0.05, 0) is 86.0 Å². The minimum atomic E-state index is -3.92. The Labute approximate surface area is 212 Å². The van der Waals surface area contributed by atoms with Gasteiger partial charge in [-0.2, -0.15) is 0 Å². The molecule has 0 aliphatic carbocycles. The van der Waals surface area contributed by atoms with E-state index in [1.165, 1.54) is 31.4 Å². The van der Waals surface area contributed by atoms with Crippen LogP contribution >= 0.6 is 0 Å². The quantitative estimate of drug-likeness (QED) is 0.433. The maximum Gasteiger partial charge on any atom is 0.262 e. The van der Waals surface area contributed by atoms with Crippen LogP contribution in [-0.2, 0) is 24.8 Å². The molecule has 0 atom stereocenters. The van der Waals surface area contributed by atoms with E-state index in [9.17, 15) is 21.6 Å². The number of hydrogen-bond acceptors (Lipinski definition) is 6. The number of ether oxygens (including phenoxy) is 1. The monoisotopic (exact) mass is 531 g/mol. The van der Waals surface area contributed by atoms with Crippen molar-refractivity contribution in [2.75, 3.05) is 34.3 Å². The second kappa shape index (κ2) is 10.6. The average Bonchev–Trinajstić information content (AvgIpc) is 2.76. The first-order chi connectivity index (χ1) is 16.8. The number of nitrogens with zero attached hydrogens (tertiary/aromatic N) is 1. The highest BCUT2D eigenvalue weighted by molar-refractivity contribution is 7.92. The maximum atomic E-state index is 12.9. The van der Waals surface area contributed by atoms with Crippen LogP contribution in [0.5, 0.6) is 5.75 Å². The van der Waals surface area contributed by atoms with Gasteiger partial charge in [-0.1, -0.05) is 12.1 Å². The summed E-state index contributed by atoms with van der Waals surface area (Å²) in [5.74, 6) is -0.190. The Kier molecular flexibility index (Phi) is 7.95. The molecule has 0 aliphatic rings. The second-order valence-electron chi connectivity index (χ2n) is 8.50. The molecule has 3 rings (SSSR count). The van der Waals surface area contributed by atoms with E-state index in [2.05, 4.69) is 10.0 Å². The van der Waals surface area contributed by atoms with Crippen molar-refractivity contribution in [1.29, 1.82) is 0 Å². The van der Waals surface area contributed by atoms with E-state index in [1.54, 1.807) is 30.3 Å². The molecule has 0 heterocycles. The zero-order valence-corrected chi connectivity index (χ0v) is 22.3. The molecule has 36 heavy (non-hydrogen) atoms. The fourth-order valence-electron chi connectivity index (χ4n) is 3.65. The molecular formula is C25H29N3O6S2. The third-order valence-corrected chi connectivity index (χ3v) is 7.75. The summed E-state index contributed by atoms with van der Waals surface area (Å²) in [7, 11) is -6.20. The van der Waals surface area contributed by atoms with Crippen LogP contribution in [0.1, 0.15) is 16.7 Å².